The number of pyridine rings is 1. The Bertz CT molecular complexity index is 740. The largest absolute Gasteiger partial charge is 0.380 e. The summed E-state index contributed by atoms with van der Waals surface area (Å²) in [5.41, 5.74) is 4.15. The maximum atomic E-state index is 4.14. The topological polar surface area (TPSA) is 53.6 Å². The summed E-state index contributed by atoms with van der Waals surface area (Å²) in [6.07, 6.45) is 5.42. The number of nitrogens with zero attached hydrogens (tertiary/aromatic N) is 2. The quantitative estimate of drug-likeness (QED) is 0.663. The second-order valence-electron chi connectivity index (χ2n) is 4.49. The highest BCUT2D eigenvalue weighted by Crippen LogP contribution is 2.27. The molecule has 0 spiro atoms. The summed E-state index contributed by atoms with van der Waals surface area (Å²) in [6.45, 7) is 0.682. The van der Waals surface area contributed by atoms with Crippen LogP contribution >= 0.6 is 31.9 Å². The van der Waals surface area contributed by atoms with E-state index in [0.717, 1.165) is 31.5 Å². The van der Waals surface area contributed by atoms with Crippen molar-refractivity contribution in [3.05, 3.63) is 63.4 Å². The minimum atomic E-state index is 0.682. The fourth-order valence-electron chi connectivity index (χ4n) is 2.03. The summed E-state index contributed by atoms with van der Waals surface area (Å²) in [6, 6.07) is 9.97. The molecule has 0 saturated heterocycles. The van der Waals surface area contributed by atoms with Gasteiger partial charge in [-0.3, -0.25) is 10.1 Å². The Morgan fingerprint density at radius 1 is 1.14 bits per heavy atom. The van der Waals surface area contributed by atoms with Gasteiger partial charge in [-0.2, -0.15) is 5.10 Å². The Kier molecular flexibility index (Phi) is 4.36. The van der Waals surface area contributed by atoms with Crippen LogP contribution in [0.25, 0.3) is 11.3 Å². The molecule has 0 aliphatic carbocycles. The number of aromatic nitrogens is 3. The molecule has 3 rings (SSSR count). The number of anilines is 1. The third-order valence-corrected chi connectivity index (χ3v) is 4.22. The molecule has 0 atom stereocenters. The lowest BCUT2D eigenvalue weighted by atomic mass is 10.1. The van der Waals surface area contributed by atoms with Crippen molar-refractivity contribution in [2.45, 2.75) is 6.54 Å². The fourth-order valence-corrected chi connectivity index (χ4v) is 3.22. The van der Waals surface area contributed by atoms with Gasteiger partial charge < -0.3 is 5.32 Å². The lowest BCUT2D eigenvalue weighted by molar-refractivity contribution is 1.09. The third-order valence-electron chi connectivity index (χ3n) is 3.07. The molecule has 21 heavy (non-hydrogen) atoms. The number of aromatic amines is 1. The highest BCUT2D eigenvalue weighted by atomic mass is 79.9. The van der Waals surface area contributed by atoms with E-state index in [4.69, 9.17) is 0 Å². The van der Waals surface area contributed by atoms with Crippen LogP contribution in [0.5, 0.6) is 0 Å². The van der Waals surface area contributed by atoms with Crippen molar-refractivity contribution in [2.24, 2.45) is 0 Å². The number of halogens is 2. The van der Waals surface area contributed by atoms with Gasteiger partial charge >= 0.3 is 0 Å². The number of hydrogen-bond acceptors (Lipinski definition) is 3. The van der Waals surface area contributed by atoms with E-state index in [1.807, 2.05) is 42.7 Å². The SMILES string of the molecule is Brc1ccc(NCc2cn[nH]c2-c2cccnc2)c(Br)c1. The second-order valence-corrected chi connectivity index (χ2v) is 6.26. The van der Waals surface area contributed by atoms with Gasteiger partial charge in [-0.25, -0.2) is 0 Å². The average molecular weight is 408 g/mol. The molecule has 0 fully saturated rings. The smallest absolute Gasteiger partial charge is 0.0715 e. The molecule has 0 unspecified atom stereocenters. The van der Waals surface area contributed by atoms with Crippen LogP contribution in [-0.2, 0) is 6.54 Å². The van der Waals surface area contributed by atoms with E-state index in [1.165, 1.54) is 0 Å². The summed E-state index contributed by atoms with van der Waals surface area (Å²) in [5, 5.41) is 10.6. The molecule has 4 nitrogen and oxygen atoms in total. The van der Waals surface area contributed by atoms with Crippen LogP contribution in [0.15, 0.2) is 57.9 Å². The Hall–Kier alpha value is -1.66. The lowest BCUT2D eigenvalue weighted by Crippen LogP contribution is -2.00. The van der Waals surface area contributed by atoms with Crippen molar-refractivity contribution in [3.8, 4) is 11.3 Å². The maximum Gasteiger partial charge on any atom is 0.0715 e. The summed E-state index contributed by atoms with van der Waals surface area (Å²) < 4.78 is 2.06. The number of rotatable bonds is 4. The van der Waals surface area contributed by atoms with Crippen molar-refractivity contribution in [2.75, 3.05) is 5.32 Å². The first-order valence-corrected chi connectivity index (χ1v) is 7.94. The van der Waals surface area contributed by atoms with Gasteiger partial charge in [-0.1, -0.05) is 15.9 Å². The van der Waals surface area contributed by atoms with E-state index in [-0.39, 0.29) is 0 Å². The predicted octanol–water partition coefficient (Wildman–Crippen LogP) is 4.61. The summed E-state index contributed by atoms with van der Waals surface area (Å²) in [5.74, 6) is 0. The van der Waals surface area contributed by atoms with Gasteiger partial charge in [0.15, 0.2) is 0 Å². The van der Waals surface area contributed by atoms with E-state index in [2.05, 4.69) is 52.4 Å². The van der Waals surface area contributed by atoms with Crippen LogP contribution in [0.4, 0.5) is 5.69 Å². The fraction of sp³-hybridized carbons (Fsp3) is 0.0667. The second kappa shape index (κ2) is 6.41. The van der Waals surface area contributed by atoms with E-state index < -0.39 is 0 Å². The van der Waals surface area contributed by atoms with Gasteiger partial charge in [0.1, 0.15) is 0 Å². The zero-order valence-corrected chi connectivity index (χ0v) is 14.1. The molecule has 1 aromatic carbocycles. The number of H-pyrrole nitrogens is 1. The molecule has 2 aromatic heterocycles. The molecule has 2 N–H and O–H groups in total. The van der Waals surface area contributed by atoms with Gasteiger partial charge in [-0.15, -0.1) is 0 Å². The molecular weight excluding hydrogens is 396 g/mol. The van der Waals surface area contributed by atoms with Crippen LogP contribution in [0.3, 0.4) is 0 Å². The molecule has 0 saturated carbocycles. The maximum absolute atomic E-state index is 4.14. The van der Waals surface area contributed by atoms with Crippen molar-refractivity contribution < 1.29 is 0 Å². The highest BCUT2D eigenvalue weighted by molar-refractivity contribution is 9.11. The van der Waals surface area contributed by atoms with Gasteiger partial charge in [0.05, 0.1) is 11.9 Å². The number of hydrogen-bond donors (Lipinski definition) is 2. The summed E-state index contributed by atoms with van der Waals surface area (Å²) in [4.78, 5) is 4.14. The molecule has 6 heteroatoms. The van der Waals surface area contributed by atoms with Crippen LogP contribution in [0.2, 0.25) is 0 Å². The van der Waals surface area contributed by atoms with Crippen molar-refractivity contribution in [1.82, 2.24) is 15.2 Å². The Morgan fingerprint density at radius 3 is 2.81 bits per heavy atom. The predicted molar refractivity (Wildman–Crippen MR) is 91.0 cm³/mol. The first kappa shape index (κ1) is 14.3. The van der Waals surface area contributed by atoms with Crippen molar-refractivity contribution in [1.29, 1.82) is 0 Å². The Morgan fingerprint density at radius 2 is 2.05 bits per heavy atom. The lowest BCUT2D eigenvalue weighted by Gasteiger charge is -2.09. The number of benzene rings is 1. The standard InChI is InChI=1S/C15H12Br2N4/c16-12-3-4-14(13(17)6-12)19-8-11-9-20-21-15(11)10-2-1-5-18-7-10/h1-7,9,19H,8H2,(H,20,21). The average Bonchev–Trinajstić information content (AvgIpc) is 2.96. The van der Waals surface area contributed by atoms with E-state index in [1.54, 1.807) is 6.20 Å². The molecule has 0 bridgehead atoms. The molecule has 0 amide bonds. The van der Waals surface area contributed by atoms with Gasteiger partial charge in [0, 0.05) is 44.7 Å². The van der Waals surface area contributed by atoms with E-state index in [9.17, 15) is 0 Å². The van der Waals surface area contributed by atoms with E-state index >= 15 is 0 Å². The molecule has 3 aromatic rings. The van der Waals surface area contributed by atoms with Crippen LogP contribution < -0.4 is 5.32 Å². The third kappa shape index (κ3) is 3.33. The van der Waals surface area contributed by atoms with Crippen LogP contribution in [-0.4, -0.2) is 15.2 Å². The first-order valence-electron chi connectivity index (χ1n) is 6.35. The summed E-state index contributed by atoms with van der Waals surface area (Å²) >= 11 is 7.00. The normalized spacial score (nSPS) is 10.6. The minimum Gasteiger partial charge on any atom is -0.380 e. The monoisotopic (exact) mass is 406 g/mol. The molecule has 2 heterocycles. The highest BCUT2D eigenvalue weighted by Gasteiger charge is 2.08. The first-order chi connectivity index (χ1) is 10.2. The van der Waals surface area contributed by atoms with E-state index in [0.29, 0.717) is 6.54 Å². The molecule has 0 radical (unpaired) electrons. The zero-order valence-electron chi connectivity index (χ0n) is 11.0. The van der Waals surface area contributed by atoms with Crippen molar-refractivity contribution in [3.63, 3.8) is 0 Å². The summed E-state index contributed by atoms with van der Waals surface area (Å²) in [7, 11) is 0. The van der Waals surface area contributed by atoms with Crippen LogP contribution in [0, 0.1) is 0 Å². The Balaban J connectivity index is 1.79. The minimum absolute atomic E-state index is 0.682. The molecule has 106 valence electrons. The van der Waals surface area contributed by atoms with Gasteiger partial charge in [0.25, 0.3) is 0 Å². The van der Waals surface area contributed by atoms with Gasteiger partial charge in [0.2, 0.25) is 0 Å². The Labute approximate surface area is 139 Å². The van der Waals surface area contributed by atoms with Gasteiger partial charge in [-0.05, 0) is 46.3 Å². The molecule has 0 aliphatic rings. The number of nitrogens with one attached hydrogen (secondary N) is 2. The molecule has 0 aliphatic heterocycles. The van der Waals surface area contributed by atoms with Crippen LogP contribution in [0.1, 0.15) is 5.56 Å². The molecular formula is C15H12Br2N4. The van der Waals surface area contributed by atoms with Crippen molar-refractivity contribution >= 4 is 37.5 Å². The zero-order chi connectivity index (χ0) is 14.7.